The predicted octanol–water partition coefficient (Wildman–Crippen LogP) is 3.04. The first kappa shape index (κ1) is 21.2. The van der Waals surface area contributed by atoms with Crippen molar-refractivity contribution in [1.29, 1.82) is 0 Å². The molecule has 1 N–H and O–H groups in total. The molecule has 2 saturated heterocycles. The van der Waals surface area contributed by atoms with Crippen LogP contribution in [0.5, 0.6) is 0 Å². The van der Waals surface area contributed by atoms with E-state index in [9.17, 15) is 9.59 Å². The lowest BCUT2D eigenvalue weighted by molar-refractivity contribution is 0.0551. The topological polar surface area (TPSA) is 89.5 Å². The summed E-state index contributed by atoms with van der Waals surface area (Å²) >= 11 is 0. The number of carbonyl (C=O) groups excluding carboxylic acids is 1. The van der Waals surface area contributed by atoms with Crippen LogP contribution in [0.3, 0.4) is 0 Å². The summed E-state index contributed by atoms with van der Waals surface area (Å²) in [5.41, 5.74) is 2.90. The molecule has 32 heavy (non-hydrogen) atoms. The number of amides is 1. The first-order valence-electron chi connectivity index (χ1n) is 11.6. The first-order valence-corrected chi connectivity index (χ1v) is 11.6. The molecular weight excluding hydrogens is 408 g/mol. The lowest BCUT2D eigenvalue weighted by Gasteiger charge is -2.32. The Morgan fingerprint density at radius 3 is 2.78 bits per heavy atom. The number of aromatic nitrogens is 3. The molecule has 170 valence electrons. The molecule has 2 aliphatic heterocycles. The van der Waals surface area contributed by atoms with Gasteiger partial charge in [-0.3, -0.25) is 14.3 Å². The molecule has 0 bridgehead atoms. The van der Waals surface area contributed by atoms with Gasteiger partial charge in [-0.05, 0) is 56.7 Å². The minimum Gasteiger partial charge on any atom is -0.381 e. The third-order valence-corrected chi connectivity index (χ3v) is 6.85. The maximum atomic E-state index is 13.4. The van der Waals surface area contributed by atoms with E-state index in [0.29, 0.717) is 30.1 Å². The largest absolute Gasteiger partial charge is 0.381 e. The van der Waals surface area contributed by atoms with Crippen LogP contribution in [0.4, 0.5) is 0 Å². The zero-order valence-electron chi connectivity index (χ0n) is 18.7. The van der Waals surface area contributed by atoms with Gasteiger partial charge in [0.25, 0.3) is 11.5 Å². The number of carbonyl (C=O) groups is 1. The Morgan fingerprint density at radius 2 is 2.06 bits per heavy atom. The lowest BCUT2D eigenvalue weighted by atomic mass is 9.96. The molecule has 1 atom stereocenters. The molecule has 0 saturated carbocycles. The highest BCUT2D eigenvalue weighted by molar-refractivity contribution is 6.07. The quantitative estimate of drug-likeness (QED) is 0.661. The molecule has 8 nitrogen and oxygen atoms in total. The third kappa shape index (κ3) is 3.71. The van der Waals surface area contributed by atoms with E-state index in [-0.39, 0.29) is 17.5 Å². The minimum absolute atomic E-state index is 0.0499. The van der Waals surface area contributed by atoms with Crippen LogP contribution < -0.4 is 5.56 Å². The molecule has 0 radical (unpaired) electrons. The van der Waals surface area contributed by atoms with E-state index < -0.39 is 0 Å². The van der Waals surface area contributed by atoms with E-state index >= 15 is 0 Å². The summed E-state index contributed by atoms with van der Waals surface area (Å²) in [6.45, 7) is 8.20. The van der Waals surface area contributed by atoms with Crippen molar-refractivity contribution in [3.05, 3.63) is 39.8 Å². The van der Waals surface area contributed by atoms with Crippen LogP contribution in [-0.4, -0.2) is 65.1 Å². The van der Waals surface area contributed by atoms with Gasteiger partial charge in [0.15, 0.2) is 0 Å². The second kappa shape index (κ2) is 8.67. The van der Waals surface area contributed by atoms with Crippen LogP contribution in [0, 0.1) is 12.8 Å². The van der Waals surface area contributed by atoms with Gasteiger partial charge in [0, 0.05) is 43.9 Å². The van der Waals surface area contributed by atoms with Crippen molar-refractivity contribution in [3.63, 3.8) is 0 Å². The number of likely N-dealkylation sites (tertiary alicyclic amines) is 1. The highest BCUT2D eigenvalue weighted by atomic mass is 16.5. The van der Waals surface area contributed by atoms with E-state index in [2.05, 4.69) is 10.1 Å². The van der Waals surface area contributed by atoms with Gasteiger partial charge in [-0.1, -0.05) is 0 Å². The standard InChI is InChI=1S/C24H30N4O4/c1-3-31-13-16-4-7-27(8-5-16)24(30)18-11-19-21(10-15(18)2)26-23(29)20-12-25-28(22(19)20)17-6-9-32-14-17/h10-12,16-17H,3-9,13-14H2,1-2H3,(H,26,29)/t17-/m1/s1. The van der Waals surface area contributed by atoms with Crippen molar-refractivity contribution in [2.24, 2.45) is 5.92 Å². The summed E-state index contributed by atoms with van der Waals surface area (Å²) < 4.78 is 13.0. The van der Waals surface area contributed by atoms with Crippen molar-refractivity contribution < 1.29 is 14.3 Å². The van der Waals surface area contributed by atoms with Crippen LogP contribution in [0.25, 0.3) is 21.8 Å². The number of ether oxygens (including phenoxy) is 2. The fourth-order valence-corrected chi connectivity index (χ4v) is 4.97. The van der Waals surface area contributed by atoms with Crippen molar-refractivity contribution >= 4 is 27.7 Å². The van der Waals surface area contributed by atoms with Crippen LogP contribution in [-0.2, 0) is 9.47 Å². The van der Waals surface area contributed by atoms with Gasteiger partial charge in [0.05, 0.1) is 35.3 Å². The first-order chi connectivity index (χ1) is 15.6. The Morgan fingerprint density at radius 1 is 1.25 bits per heavy atom. The molecule has 2 aromatic heterocycles. The number of pyridine rings is 1. The number of benzene rings is 1. The number of hydrogen-bond acceptors (Lipinski definition) is 5. The van der Waals surface area contributed by atoms with E-state index in [4.69, 9.17) is 9.47 Å². The minimum atomic E-state index is -0.160. The summed E-state index contributed by atoms with van der Waals surface area (Å²) in [5.74, 6) is 0.568. The Kier molecular flexibility index (Phi) is 5.73. The average molecular weight is 439 g/mol. The van der Waals surface area contributed by atoms with Gasteiger partial charge in [0.2, 0.25) is 0 Å². The van der Waals surface area contributed by atoms with Gasteiger partial charge in [0.1, 0.15) is 0 Å². The van der Waals surface area contributed by atoms with Crippen LogP contribution >= 0.6 is 0 Å². The Labute approximate surface area is 186 Å². The van der Waals surface area contributed by atoms with Gasteiger partial charge < -0.3 is 19.4 Å². The van der Waals surface area contributed by atoms with Crippen LogP contribution in [0.15, 0.2) is 23.1 Å². The molecule has 3 aromatic rings. The van der Waals surface area contributed by atoms with E-state index in [1.807, 2.05) is 35.6 Å². The predicted molar refractivity (Wildman–Crippen MR) is 122 cm³/mol. The molecule has 4 heterocycles. The number of nitrogens with zero attached hydrogens (tertiary/aromatic N) is 3. The summed E-state index contributed by atoms with van der Waals surface area (Å²) in [4.78, 5) is 31.0. The van der Waals surface area contributed by atoms with Gasteiger partial charge >= 0.3 is 0 Å². The molecule has 0 aliphatic carbocycles. The second-order valence-electron chi connectivity index (χ2n) is 8.93. The SMILES string of the molecule is CCOCC1CCN(C(=O)c2cc3c(cc2C)[nH]c(=O)c2cnn([C@@H]4CCOC4)c23)CC1. The van der Waals surface area contributed by atoms with Crippen molar-refractivity contribution in [2.45, 2.75) is 39.2 Å². The number of hydrogen-bond donors (Lipinski definition) is 1. The summed E-state index contributed by atoms with van der Waals surface area (Å²) in [7, 11) is 0. The molecule has 8 heteroatoms. The number of aryl methyl sites for hydroxylation is 1. The monoisotopic (exact) mass is 438 g/mol. The second-order valence-corrected chi connectivity index (χ2v) is 8.93. The lowest BCUT2D eigenvalue weighted by Crippen LogP contribution is -2.39. The van der Waals surface area contributed by atoms with Crippen molar-refractivity contribution in [3.8, 4) is 0 Å². The maximum absolute atomic E-state index is 13.4. The van der Waals surface area contributed by atoms with Gasteiger partial charge in [-0.25, -0.2) is 0 Å². The maximum Gasteiger partial charge on any atom is 0.259 e. The molecule has 1 aromatic carbocycles. The number of nitrogens with one attached hydrogen (secondary N) is 1. The van der Waals surface area contributed by atoms with Gasteiger partial charge in [-0.2, -0.15) is 5.10 Å². The fraction of sp³-hybridized carbons (Fsp3) is 0.542. The van der Waals surface area contributed by atoms with E-state index in [1.165, 1.54) is 0 Å². The normalized spacial score (nSPS) is 19.9. The third-order valence-electron chi connectivity index (χ3n) is 6.85. The summed E-state index contributed by atoms with van der Waals surface area (Å²) in [6.07, 6.45) is 4.41. The molecule has 0 unspecified atom stereocenters. The van der Waals surface area contributed by atoms with Crippen molar-refractivity contribution in [2.75, 3.05) is 39.5 Å². The zero-order chi connectivity index (χ0) is 22.2. The number of fused-ring (bicyclic) bond motifs is 3. The van der Waals surface area contributed by atoms with Gasteiger partial charge in [-0.15, -0.1) is 0 Å². The Balaban J connectivity index is 1.52. The number of H-pyrrole nitrogens is 1. The zero-order valence-corrected chi connectivity index (χ0v) is 18.7. The fourth-order valence-electron chi connectivity index (χ4n) is 4.97. The number of piperidine rings is 1. The average Bonchev–Trinajstić information content (AvgIpc) is 3.47. The summed E-state index contributed by atoms with van der Waals surface area (Å²) in [6, 6.07) is 3.95. The van der Waals surface area contributed by atoms with Crippen LogP contribution in [0.2, 0.25) is 0 Å². The molecule has 2 fully saturated rings. The Hall–Kier alpha value is -2.71. The van der Waals surface area contributed by atoms with Crippen molar-refractivity contribution in [1.82, 2.24) is 19.7 Å². The molecule has 1 amide bonds. The highest BCUT2D eigenvalue weighted by Gasteiger charge is 2.26. The smallest absolute Gasteiger partial charge is 0.259 e. The number of rotatable bonds is 5. The Bertz CT molecular complexity index is 1200. The molecule has 5 rings (SSSR count). The molecule has 2 aliphatic rings. The number of aromatic amines is 1. The van der Waals surface area contributed by atoms with Crippen LogP contribution in [0.1, 0.15) is 48.1 Å². The highest BCUT2D eigenvalue weighted by Crippen LogP contribution is 2.30. The molecular formula is C24H30N4O4. The summed E-state index contributed by atoms with van der Waals surface area (Å²) in [5, 5.41) is 5.91. The van der Waals surface area contributed by atoms with E-state index in [1.54, 1.807) is 6.20 Å². The molecule has 0 spiro atoms. The van der Waals surface area contributed by atoms with E-state index in [0.717, 1.165) is 67.5 Å².